The number of anilines is 1. The number of hydrogen-bond acceptors (Lipinski definition) is 5. The fourth-order valence-electron chi connectivity index (χ4n) is 4.69. The predicted molar refractivity (Wildman–Crippen MR) is 131 cm³/mol. The second-order valence-corrected chi connectivity index (χ2v) is 9.58. The van der Waals surface area contributed by atoms with Crippen molar-refractivity contribution in [1.29, 1.82) is 0 Å². The molecule has 2 aromatic carbocycles. The first-order valence-electron chi connectivity index (χ1n) is 12.3. The number of carbonyl (C=O) groups excluding carboxylic acids is 2. The van der Waals surface area contributed by atoms with Crippen molar-refractivity contribution in [2.75, 3.05) is 50.8 Å². The number of halogens is 4. The van der Waals surface area contributed by atoms with Gasteiger partial charge in [-0.15, -0.1) is 0 Å². The molecule has 0 bridgehead atoms. The molecule has 0 unspecified atom stereocenters. The lowest BCUT2D eigenvalue weighted by atomic mass is 9.95. The van der Waals surface area contributed by atoms with Crippen molar-refractivity contribution in [2.24, 2.45) is 0 Å². The van der Waals surface area contributed by atoms with E-state index in [4.69, 9.17) is 9.94 Å². The van der Waals surface area contributed by atoms with Gasteiger partial charge in [-0.25, -0.2) is 14.7 Å². The lowest BCUT2D eigenvalue weighted by Crippen LogP contribution is -2.55. The summed E-state index contributed by atoms with van der Waals surface area (Å²) < 4.78 is 60.6. The fraction of sp³-hybridized carbons (Fsp3) is 0.462. The highest BCUT2D eigenvalue weighted by Crippen LogP contribution is 2.33. The summed E-state index contributed by atoms with van der Waals surface area (Å²) in [5.41, 5.74) is 0.157. The molecule has 206 valence electrons. The summed E-state index contributed by atoms with van der Waals surface area (Å²) in [6.07, 6.45) is -3.93. The van der Waals surface area contributed by atoms with Gasteiger partial charge in [-0.3, -0.25) is 19.8 Å². The van der Waals surface area contributed by atoms with Crippen LogP contribution in [0.15, 0.2) is 48.5 Å². The fourth-order valence-corrected chi connectivity index (χ4v) is 4.69. The number of nitrogens with one attached hydrogen (secondary N) is 1. The number of carbonyl (C=O) groups is 2. The summed E-state index contributed by atoms with van der Waals surface area (Å²) in [7, 11) is 0. The summed E-state index contributed by atoms with van der Waals surface area (Å²) in [4.78, 5) is 30.0. The number of ether oxygens (including phenoxy) is 1. The van der Waals surface area contributed by atoms with Gasteiger partial charge in [0.1, 0.15) is 5.67 Å². The van der Waals surface area contributed by atoms with Crippen molar-refractivity contribution >= 4 is 17.6 Å². The second kappa shape index (κ2) is 11.7. The molecule has 0 saturated carbocycles. The molecule has 12 heteroatoms. The average molecular weight is 539 g/mol. The lowest BCUT2D eigenvalue weighted by Gasteiger charge is -2.41. The minimum absolute atomic E-state index is 0.0467. The van der Waals surface area contributed by atoms with Crippen LogP contribution in [0.4, 0.5) is 28.0 Å². The number of hydroxylamine groups is 1. The first-order chi connectivity index (χ1) is 18.1. The molecule has 0 aromatic heterocycles. The van der Waals surface area contributed by atoms with E-state index in [1.807, 2.05) is 4.90 Å². The van der Waals surface area contributed by atoms with E-state index < -0.39 is 29.3 Å². The van der Waals surface area contributed by atoms with Crippen molar-refractivity contribution in [1.82, 2.24) is 15.3 Å². The minimum Gasteiger partial charge on any atom is -0.381 e. The molecule has 2 aliphatic rings. The summed E-state index contributed by atoms with van der Waals surface area (Å²) in [5, 5.41) is 8.81. The Bertz CT molecular complexity index is 1110. The van der Waals surface area contributed by atoms with Crippen molar-refractivity contribution < 1.29 is 37.1 Å². The van der Waals surface area contributed by atoms with Crippen LogP contribution in [-0.2, 0) is 17.5 Å². The Morgan fingerprint density at radius 2 is 1.68 bits per heavy atom. The normalized spacial score (nSPS) is 18.2. The Kier molecular flexibility index (Phi) is 8.54. The molecule has 0 atom stereocenters. The van der Waals surface area contributed by atoms with Gasteiger partial charge < -0.3 is 9.64 Å². The van der Waals surface area contributed by atoms with E-state index >= 15 is 4.39 Å². The Hall–Kier alpha value is -3.22. The average Bonchev–Trinajstić information content (AvgIpc) is 2.91. The van der Waals surface area contributed by atoms with Crippen molar-refractivity contribution in [3.63, 3.8) is 0 Å². The molecule has 3 amide bonds. The van der Waals surface area contributed by atoms with Gasteiger partial charge in [-0.2, -0.15) is 13.2 Å². The highest BCUT2D eigenvalue weighted by molar-refractivity contribution is 5.94. The van der Waals surface area contributed by atoms with Crippen molar-refractivity contribution in [3.8, 4) is 0 Å². The molecule has 0 spiro atoms. The van der Waals surface area contributed by atoms with E-state index in [0.29, 0.717) is 57.8 Å². The van der Waals surface area contributed by atoms with Crippen molar-refractivity contribution in [2.45, 2.75) is 31.2 Å². The van der Waals surface area contributed by atoms with Crippen LogP contribution in [0, 0.1) is 0 Å². The molecular weight excluding hydrogens is 508 g/mol. The minimum atomic E-state index is -4.58. The molecule has 2 heterocycles. The Morgan fingerprint density at radius 1 is 1.03 bits per heavy atom. The zero-order chi connectivity index (χ0) is 27.3. The molecule has 2 N–H and O–H groups in total. The summed E-state index contributed by atoms with van der Waals surface area (Å²) in [6.45, 7) is 2.46. The second-order valence-electron chi connectivity index (χ2n) is 9.58. The molecule has 2 fully saturated rings. The van der Waals surface area contributed by atoms with E-state index in [9.17, 15) is 22.8 Å². The number of nitrogens with zero attached hydrogens (tertiary/aromatic N) is 3. The van der Waals surface area contributed by atoms with E-state index in [1.165, 1.54) is 34.6 Å². The third-order valence-electron chi connectivity index (χ3n) is 6.91. The number of amides is 3. The van der Waals surface area contributed by atoms with Crippen LogP contribution < -0.4 is 10.4 Å². The summed E-state index contributed by atoms with van der Waals surface area (Å²) >= 11 is 0. The first-order valence-corrected chi connectivity index (χ1v) is 12.3. The molecule has 0 aliphatic carbocycles. The van der Waals surface area contributed by atoms with Crippen molar-refractivity contribution in [3.05, 3.63) is 65.2 Å². The van der Waals surface area contributed by atoms with Crippen LogP contribution in [0.3, 0.4) is 0 Å². The zero-order valence-corrected chi connectivity index (χ0v) is 20.7. The van der Waals surface area contributed by atoms with Gasteiger partial charge in [-0.05, 0) is 35.9 Å². The van der Waals surface area contributed by atoms with E-state index in [1.54, 1.807) is 17.0 Å². The van der Waals surface area contributed by atoms with Gasteiger partial charge in [0, 0.05) is 70.0 Å². The van der Waals surface area contributed by atoms with E-state index in [0.717, 1.165) is 12.1 Å². The third-order valence-corrected chi connectivity index (χ3v) is 6.91. The Balaban J connectivity index is 1.51. The number of piperazine rings is 1. The molecular formula is C26H30F4N4O4. The van der Waals surface area contributed by atoms with Gasteiger partial charge in [0.25, 0.3) is 5.91 Å². The molecule has 0 radical (unpaired) electrons. The standard InChI is InChI=1S/C26H30F4N4O4/c27-25(8-14-38-15-9-25)18-32-10-12-33(13-11-32)24(36)34(22-3-1-2-21(16-22)26(28,29)30)17-19-4-6-20(7-5-19)23(35)31-37/h1-7,16,37H,8-15,17-18H2,(H,31,35). The SMILES string of the molecule is O=C(NO)c1ccc(CN(C(=O)N2CCN(CC3(F)CCOCC3)CC2)c2cccc(C(F)(F)F)c2)cc1. The number of rotatable bonds is 6. The van der Waals surface area contributed by atoms with Gasteiger partial charge in [0.2, 0.25) is 0 Å². The largest absolute Gasteiger partial charge is 0.416 e. The van der Waals surface area contributed by atoms with Crippen LogP contribution >= 0.6 is 0 Å². The van der Waals surface area contributed by atoms with Gasteiger partial charge in [0.15, 0.2) is 0 Å². The molecule has 8 nitrogen and oxygen atoms in total. The van der Waals surface area contributed by atoms with Crippen LogP contribution in [-0.4, -0.2) is 78.6 Å². The highest BCUT2D eigenvalue weighted by atomic mass is 19.4. The third kappa shape index (κ3) is 6.80. The number of alkyl halides is 4. The number of urea groups is 1. The number of hydrogen-bond donors (Lipinski definition) is 2. The number of benzene rings is 2. The maximum atomic E-state index is 15.1. The maximum absolute atomic E-state index is 15.1. The van der Waals surface area contributed by atoms with Gasteiger partial charge in [-0.1, -0.05) is 18.2 Å². The van der Waals surface area contributed by atoms with E-state index in [2.05, 4.69) is 0 Å². The van der Waals surface area contributed by atoms with Gasteiger partial charge in [0.05, 0.1) is 12.1 Å². The van der Waals surface area contributed by atoms with Crippen LogP contribution in [0.5, 0.6) is 0 Å². The topological polar surface area (TPSA) is 85.3 Å². The monoisotopic (exact) mass is 538 g/mol. The Morgan fingerprint density at radius 3 is 2.29 bits per heavy atom. The quantitative estimate of drug-likeness (QED) is 0.329. The lowest BCUT2D eigenvalue weighted by molar-refractivity contribution is -0.137. The highest BCUT2D eigenvalue weighted by Gasteiger charge is 2.36. The maximum Gasteiger partial charge on any atom is 0.416 e. The smallest absolute Gasteiger partial charge is 0.381 e. The molecule has 38 heavy (non-hydrogen) atoms. The van der Waals surface area contributed by atoms with Crippen LogP contribution in [0.2, 0.25) is 0 Å². The van der Waals surface area contributed by atoms with Crippen LogP contribution in [0.25, 0.3) is 0 Å². The molecule has 2 saturated heterocycles. The molecule has 2 aromatic rings. The molecule has 2 aliphatic heterocycles. The van der Waals surface area contributed by atoms with Gasteiger partial charge >= 0.3 is 12.2 Å². The Labute approximate surface area is 217 Å². The summed E-state index contributed by atoms with van der Waals surface area (Å²) in [5.74, 6) is -0.712. The first kappa shape index (κ1) is 27.8. The van der Waals surface area contributed by atoms with Crippen LogP contribution in [0.1, 0.15) is 34.3 Å². The predicted octanol–water partition coefficient (Wildman–Crippen LogP) is 4.09. The molecule has 4 rings (SSSR count). The van der Waals surface area contributed by atoms with E-state index in [-0.39, 0.29) is 24.3 Å². The summed E-state index contributed by atoms with van der Waals surface area (Å²) in [6, 6.07) is 10.1. The zero-order valence-electron chi connectivity index (χ0n) is 20.7.